The molecule has 0 unspecified atom stereocenters. The highest BCUT2D eigenvalue weighted by molar-refractivity contribution is 7.90. The molecule has 11 heteroatoms. The Hall–Kier alpha value is -2.14. The van der Waals surface area contributed by atoms with Crippen molar-refractivity contribution in [1.82, 2.24) is 19.4 Å². The Balaban J connectivity index is 1.34. The van der Waals surface area contributed by atoms with E-state index in [1.165, 1.54) is 6.07 Å². The van der Waals surface area contributed by atoms with E-state index in [2.05, 4.69) is 15.1 Å². The van der Waals surface area contributed by atoms with Crippen molar-refractivity contribution in [2.75, 3.05) is 18.9 Å². The molecule has 1 heterocycles. The van der Waals surface area contributed by atoms with Crippen LogP contribution in [0.3, 0.4) is 0 Å². The minimum absolute atomic E-state index is 0.0767. The summed E-state index contributed by atoms with van der Waals surface area (Å²) in [6.45, 7) is 4.79. The third-order valence-electron chi connectivity index (χ3n) is 7.87. The van der Waals surface area contributed by atoms with Crippen molar-refractivity contribution in [3.63, 3.8) is 0 Å². The normalized spacial score (nSPS) is 18.1. The Labute approximate surface area is 223 Å². The van der Waals surface area contributed by atoms with Crippen LogP contribution in [0.5, 0.6) is 0 Å². The van der Waals surface area contributed by atoms with E-state index in [9.17, 15) is 18.3 Å². The zero-order valence-electron chi connectivity index (χ0n) is 21.7. The molecule has 9 nitrogen and oxygen atoms in total. The van der Waals surface area contributed by atoms with Crippen LogP contribution < -0.4 is 10.0 Å². The fraction of sp³-hybridized carbons (Fsp3) is 0.615. The van der Waals surface area contributed by atoms with Crippen molar-refractivity contribution >= 4 is 33.3 Å². The van der Waals surface area contributed by atoms with Gasteiger partial charge >= 0.3 is 6.03 Å². The summed E-state index contributed by atoms with van der Waals surface area (Å²) < 4.78 is 30.2. The molecule has 0 spiro atoms. The molecule has 1 aromatic carbocycles. The van der Waals surface area contributed by atoms with Gasteiger partial charge in [0, 0.05) is 35.9 Å². The lowest BCUT2D eigenvalue weighted by Gasteiger charge is -2.39. The van der Waals surface area contributed by atoms with E-state index in [0.717, 1.165) is 90.8 Å². The van der Waals surface area contributed by atoms with Gasteiger partial charge in [-0.1, -0.05) is 11.6 Å². The summed E-state index contributed by atoms with van der Waals surface area (Å²) >= 11 is 6.67. The minimum Gasteiger partial charge on any atom is -0.389 e. The fourth-order valence-electron chi connectivity index (χ4n) is 6.03. The molecule has 1 aromatic heterocycles. The lowest BCUT2D eigenvalue weighted by atomic mass is 9.80. The van der Waals surface area contributed by atoms with Gasteiger partial charge < -0.3 is 10.4 Å². The Bertz CT molecular complexity index is 1300. The zero-order chi connectivity index (χ0) is 26.5. The first-order valence-electron chi connectivity index (χ1n) is 13.2. The molecule has 1 saturated carbocycles. The van der Waals surface area contributed by atoms with E-state index in [1.807, 2.05) is 25.8 Å². The highest BCUT2D eigenvalue weighted by Crippen LogP contribution is 2.44. The number of aliphatic hydroxyl groups is 1. The molecule has 37 heavy (non-hydrogen) atoms. The number of aromatic nitrogens is 2. The molecular weight excluding hydrogens is 514 g/mol. The maximum Gasteiger partial charge on any atom is 0.333 e. The van der Waals surface area contributed by atoms with E-state index in [-0.39, 0.29) is 11.1 Å². The fourth-order valence-corrected chi connectivity index (χ4v) is 7.34. The molecule has 0 bridgehead atoms. The summed E-state index contributed by atoms with van der Waals surface area (Å²) in [4.78, 5) is 15.0. The number of carbonyl (C=O) groups excluding carboxylic acids is 1. The van der Waals surface area contributed by atoms with Crippen molar-refractivity contribution in [3.8, 4) is 0 Å². The van der Waals surface area contributed by atoms with E-state index in [0.29, 0.717) is 18.8 Å². The van der Waals surface area contributed by atoms with Gasteiger partial charge in [-0.05, 0) is 101 Å². The third kappa shape index (κ3) is 5.13. The van der Waals surface area contributed by atoms with Crippen molar-refractivity contribution in [2.24, 2.45) is 0 Å². The standard InChI is InChI=1S/C26H36ClN5O4S/c1-16(2)32-17(14-31(3)15-26(34)11-6-12-26)13-22(29-32)37(35,36)30-25(33)28-24-20-9-4-7-18(20)23(27)19-8-5-10-21(19)24/h13,16,34H,4-12,14-15H2,1-3H3,(H2,28,30,33). The van der Waals surface area contributed by atoms with Crippen molar-refractivity contribution in [2.45, 2.75) is 94.8 Å². The van der Waals surface area contributed by atoms with Gasteiger partial charge in [0.2, 0.25) is 0 Å². The number of amides is 2. The first-order valence-corrected chi connectivity index (χ1v) is 15.0. The van der Waals surface area contributed by atoms with E-state index in [4.69, 9.17) is 11.6 Å². The van der Waals surface area contributed by atoms with Crippen LogP contribution in [0.1, 0.15) is 79.9 Å². The summed E-state index contributed by atoms with van der Waals surface area (Å²) in [5.41, 5.74) is 4.97. The summed E-state index contributed by atoms with van der Waals surface area (Å²) in [5, 5.41) is 18.3. The number of hydrogen-bond donors (Lipinski definition) is 3. The van der Waals surface area contributed by atoms with Crippen molar-refractivity contribution in [3.05, 3.63) is 39.0 Å². The van der Waals surface area contributed by atoms with Crippen molar-refractivity contribution in [1.29, 1.82) is 0 Å². The predicted octanol–water partition coefficient (Wildman–Crippen LogP) is 3.95. The lowest BCUT2D eigenvalue weighted by molar-refractivity contribution is -0.0559. The quantitative estimate of drug-likeness (QED) is 0.459. The molecule has 2 aromatic rings. The monoisotopic (exact) mass is 549 g/mol. The van der Waals surface area contributed by atoms with Crippen LogP contribution in [0.15, 0.2) is 11.1 Å². The van der Waals surface area contributed by atoms with Gasteiger partial charge in [0.25, 0.3) is 10.0 Å². The van der Waals surface area contributed by atoms with E-state index in [1.54, 1.807) is 4.68 Å². The summed E-state index contributed by atoms with van der Waals surface area (Å²) in [6, 6.07) is 0.636. The third-order valence-corrected chi connectivity index (χ3v) is 9.53. The highest BCUT2D eigenvalue weighted by atomic mass is 35.5. The number of fused-ring (bicyclic) bond motifs is 2. The Morgan fingerprint density at radius 1 is 1.14 bits per heavy atom. The summed E-state index contributed by atoms with van der Waals surface area (Å²) in [6.07, 6.45) is 7.88. The van der Waals surface area contributed by atoms with Crippen LogP contribution in [0.4, 0.5) is 10.5 Å². The number of carbonyl (C=O) groups is 1. The minimum atomic E-state index is -4.20. The number of halogens is 1. The van der Waals surface area contributed by atoms with Gasteiger partial charge in [0.05, 0.1) is 11.3 Å². The molecule has 2 amide bonds. The van der Waals surface area contributed by atoms with Crippen LogP contribution >= 0.6 is 11.6 Å². The Kier molecular flexibility index (Phi) is 7.06. The molecule has 0 saturated heterocycles. The van der Waals surface area contributed by atoms with E-state index < -0.39 is 21.7 Å². The Morgan fingerprint density at radius 3 is 2.27 bits per heavy atom. The second-order valence-corrected chi connectivity index (χ2v) is 13.1. The molecule has 3 aliphatic rings. The molecule has 0 radical (unpaired) electrons. The predicted molar refractivity (Wildman–Crippen MR) is 143 cm³/mol. The summed E-state index contributed by atoms with van der Waals surface area (Å²) in [7, 11) is -2.30. The van der Waals surface area contributed by atoms with Gasteiger partial charge in [0.15, 0.2) is 5.03 Å². The zero-order valence-corrected chi connectivity index (χ0v) is 23.3. The molecule has 202 valence electrons. The first-order chi connectivity index (χ1) is 17.5. The van der Waals surface area contributed by atoms with Crippen LogP contribution in [-0.2, 0) is 42.3 Å². The first kappa shape index (κ1) is 26.5. The van der Waals surface area contributed by atoms with Gasteiger partial charge in [0.1, 0.15) is 0 Å². The number of nitrogens with one attached hydrogen (secondary N) is 2. The molecule has 0 aliphatic heterocycles. The second-order valence-electron chi connectivity index (χ2n) is 11.1. The van der Waals surface area contributed by atoms with Gasteiger partial charge in [-0.2, -0.15) is 13.5 Å². The molecule has 1 fully saturated rings. The van der Waals surface area contributed by atoms with Gasteiger partial charge in [-0.25, -0.2) is 9.52 Å². The number of sulfonamides is 1. The SMILES string of the molecule is CC(C)n1nc(S(=O)(=O)NC(=O)Nc2c3c(c(Cl)c4c2CCC4)CCC3)cc1CN(C)CC1(O)CCC1. The highest BCUT2D eigenvalue weighted by Gasteiger charge is 2.36. The summed E-state index contributed by atoms with van der Waals surface area (Å²) in [5.74, 6) is 0. The maximum absolute atomic E-state index is 13.2. The number of benzene rings is 1. The molecule has 5 rings (SSSR count). The van der Waals surface area contributed by atoms with Crippen LogP contribution in [0.2, 0.25) is 5.02 Å². The number of urea groups is 1. The molecule has 0 atom stereocenters. The smallest absolute Gasteiger partial charge is 0.333 e. The van der Waals surface area contributed by atoms with Crippen LogP contribution in [0, 0.1) is 0 Å². The second kappa shape index (κ2) is 9.87. The van der Waals surface area contributed by atoms with Crippen LogP contribution in [0.25, 0.3) is 0 Å². The Morgan fingerprint density at radius 2 is 1.73 bits per heavy atom. The molecule has 3 aliphatic carbocycles. The number of hydrogen-bond acceptors (Lipinski definition) is 6. The lowest BCUT2D eigenvalue weighted by Crippen LogP contribution is -2.46. The average Bonchev–Trinajstić information content (AvgIpc) is 3.54. The maximum atomic E-state index is 13.2. The molecule has 3 N–H and O–H groups in total. The number of nitrogens with zero attached hydrogens (tertiary/aromatic N) is 3. The largest absolute Gasteiger partial charge is 0.389 e. The number of rotatable bonds is 8. The number of anilines is 1. The van der Waals surface area contributed by atoms with Crippen LogP contribution in [-0.4, -0.2) is 53.4 Å². The average molecular weight is 550 g/mol. The topological polar surface area (TPSA) is 117 Å². The van der Waals surface area contributed by atoms with Gasteiger partial charge in [-0.15, -0.1) is 0 Å². The van der Waals surface area contributed by atoms with E-state index >= 15 is 0 Å². The number of likely N-dealkylation sites (N-methyl/N-ethyl adjacent to an activating group) is 1. The van der Waals surface area contributed by atoms with Gasteiger partial charge in [-0.3, -0.25) is 9.58 Å². The molecular formula is C26H36ClN5O4S. The van der Waals surface area contributed by atoms with Crippen molar-refractivity contribution < 1.29 is 18.3 Å².